The lowest BCUT2D eigenvalue weighted by Gasteiger charge is -2.55. The van der Waals surface area contributed by atoms with Crippen LogP contribution in [0.4, 0.5) is 17.6 Å². The van der Waals surface area contributed by atoms with Crippen molar-refractivity contribution in [3.63, 3.8) is 0 Å². The Labute approximate surface area is 164 Å². The highest BCUT2D eigenvalue weighted by atomic mass is 32.2. The number of alkyl halides is 4. The van der Waals surface area contributed by atoms with Crippen molar-refractivity contribution >= 4 is 22.1 Å². The van der Waals surface area contributed by atoms with Crippen molar-refractivity contribution in [2.24, 2.45) is 23.2 Å². The van der Waals surface area contributed by atoms with Crippen molar-refractivity contribution in [2.45, 2.75) is 56.1 Å². The van der Waals surface area contributed by atoms with Crippen LogP contribution in [0.3, 0.4) is 0 Å². The zero-order valence-corrected chi connectivity index (χ0v) is 16.2. The van der Waals surface area contributed by atoms with E-state index in [-0.39, 0.29) is 0 Å². The van der Waals surface area contributed by atoms with Gasteiger partial charge in [-0.2, -0.15) is 26.0 Å². The van der Waals surface area contributed by atoms with Crippen LogP contribution < -0.4 is 0 Å². The minimum Gasteiger partial charge on any atom is -0.463 e. The van der Waals surface area contributed by atoms with Gasteiger partial charge in [0, 0.05) is 0 Å². The maximum absolute atomic E-state index is 13.3. The third-order valence-electron chi connectivity index (χ3n) is 6.22. The Bertz CT molecular complexity index is 745. The first kappa shape index (κ1) is 22.3. The number of ether oxygens (including phenoxy) is 2. The number of carbonyl (C=O) groups excluding carboxylic acids is 2. The third-order valence-corrected chi connectivity index (χ3v) is 7.17. The quantitative estimate of drug-likeness (QED) is 0.347. The molecule has 0 aromatic rings. The van der Waals surface area contributed by atoms with Crippen molar-refractivity contribution in [3.05, 3.63) is 0 Å². The predicted molar refractivity (Wildman–Crippen MR) is 88.6 cm³/mol. The van der Waals surface area contributed by atoms with Crippen LogP contribution in [0.1, 0.15) is 44.9 Å². The van der Waals surface area contributed by atoms with Crippen LogP contribution in [0, 0.1) is 23.2 Å². The van der Waals surface area contributed by atoms with Gasteiger partial charge in [0.25, 0.3) is 0 Å². The Kier molecular flexibility index (Phi) is 5.65. The first-order valence-electron chi connectivity index (χ1n) is 9.31. The fourth-order valence-electron chi connectivity index (χ4n) is 5.31. The van der Waals surface area contributed by atoms with E-state index in [4.69, 9.17) is 9.29 Å². The minimum absolute atomic E-state index is 0.465. The predicted octanol–water partition coefficient (Wildman–Crippen LogP) is 2.80. The van der Waals surface area contributed by atoms with Gasteiger partial charge in [-0.15, -0.1) is 0 Å². The molecule has 29 heavy (non-hydrogen) atoms. The van der Waals surface area contributed by atoms with Crippen molar-refractivity contribution in [3.8, 4) is 0 Å². The summed E-state index contributed by atoms with van der Waals surface area (Å²) in [6, 6.07) is 0. The molecule has 0 atom stereocenters. The number of esters is 2. The number of halogens is 4. The molecule has 0 unspecified atom stereocenters. The highest BCUT2D eigenvalue weighted by Crippen LogP contribution is 2.60. The van der Waals surface area contributed by atoms with E-state index in [0.717, 1.165) is 19.3 Å². The molecule has 0 spiro atoms. The van der Waals surface area contributed by atoms with Crippen LogP contribution in [0.15, 0.2) is 0 Å². The smallest absolute Gasteiger partial charge is 0.431 e. The zero-order chi connectivity index (χ0) is 21.7. The zero-order valence-electron chi connectivity index (χ0n) is 15.4. The molecule has 166 valence electrons. The van der Waals surface area contributed by atoms with E-state index in [2.05, 4.69) is 4.74 Å². The van der Waals surface area contributed by atoms with Gasteiger partial charge in [-0.05, 0) is 56.3 Å². The first-order valence-corrected chi connectivity index (χ1v) is 10.8. The molecule has 0 radical (unpaired) electrons. The van der Waals surface area contributed by atoms with E-state index in [1.807, 2.05) is 0 Å². The largest absolute Gasteiger partial charge is 0.463 e. The Morgan fingerprint density at radius 3 is 1.90 bits per heavy atom. The van der Waals surface area contributed by atoms with Crippen molar-refractivity contribution in [2.75, 3.05) is 13.2 Å². The summed E-state index contributed by atoms with van der Waals surface area (Å²) in [5, 5.41) is -5.72. The summed E-state index contributed by atoms with van der Waals surface area (Å²) in [5.74, 6) is -5.50. The van der Waals surface area contributed by atoms with Crippen LogP contribution in [0.2, 0.25) is 0 Å². The second-order valence-corrected chi connectivity index (χ2v) is 9.90. The lowest BCUT2D eigenvalue weighted by atomic mass is 9.49. The molecule has 0 aliphatic heterocycles. The van der Waals surface area contributed by atoms with Gasteiger partial charge in [-0.25, -0.2) is 4.79 Å². The van der Waals surface area contributed by atoms with Crippen LogP contribution in [-0.4, -0.2) is 49.3 Å². The van der Waals surface area contributed by atoms with Crippen LogP contribution in [-0.2, 0) is 29.2 Å². The third kappa shape index (κ3) is 4.23. The molecule has 12 heteroatoms. The fourth-order valence-corrected chi connectivity index (χ4v) is 5.79. The second kappa shape index (κ2) is 7.36. The van der Waals surface area contributed by atoms with Gasteiger partial charge in [0.15, 0.2) is 6.61 Å². The molecular weight excluding hydrogens is 424 g/mol. The molecule has 7 nitrogen and oxygen atoms in total. The lowest BCUT2D eigenvalue weighted by Crippen LogP contribution is -2.50. The average Bonchev–Trinajstić information content (AvgIpc) is 2.57. The average molecular weight is 446 g/mol. The standard InChI is InChI=1S/C17H22F4O7S/c18-16(19,17(20,21)29(24,25)26)1-2-27-13(22)9-28-14(23)15-6-10-3-11(7-15)5-12(4-10)8-15/h10-12H,1-9H2,(H,24,25,26). The van der Waals surface area contributed by atoms with Crippen molar-refractivity contribution in [1.29, 1.82) is 0 Å². The van der Waals surface area contributed by atoms with Gasteiger partial charge in [0.2, 0.25) is 0 Å². The SMILES string of the molecule is O=C(COC(=O)C12CC3CC(CC(C3)C1)C2)OCCC(F)(F)C(F)(F)S(=O)(=O)O. The number of rotatable bonds is 8. The highest BCUT2D eigenvalue weighted by Gasteiger charge is 2.65. The van der Waals surface area contributed by atoms with Crippen molar-refractivity contribution < 1.29 is 49.6 Å². The van der Waals surface area contributed by atoms with Gasteiger partial charge < -0.3 is 9.47 Å². The van der Waals surface area contributed by atoms with E-state index in [1.165, 1.54) is 0 Å². The molecule has 0 aromatic heterocycles. The minimum atomic E-state index is -6.35. The van der Waals surface area contributed by atoms with Gasteiger partial charge >= 0.3 is 33.2 Å². The molecular formula is C17H22F4O7S. The Morgan fingerprint density at radius 1 is 0.966 bits per heavy atom. The number of carbonyl (C=O) groups is 2. The van der Waals surface area contributed by atoms with E-state index < -0.39 is 58.3 Å². The monoisotopic (exact) mass is 446 g/mol. The molecule has 4 fully saturated rings. The van der Waals surface area contributed by atoms with Gasteiger partial charge in [0.1, 0.15) is 0 Å². The fraction of sp³-hybridized carbons (Fsp3) is 0.882. The van der Waals surface area contributed by atoms with Crippen LogP contribution >= 0.6 is 0 Å². The molecule has 0 aromatic carbocycles. The number of hydrogen-bond acceptors (Lipinski definition) is 6. The molecule has 4 saturated carbocycles. The molecule has 0 saturated heterocycles. The summed E-state index contributed by atoms with van der Waals surface area (Å²) < 4.78 is 91.1. The Morgan fingerprint density at radius 2 is 1.45 bits per heavy atom. The van der Waals surface area contributed by atoms with Crippen LogP contribution in [0.25, 0.3) is 0 Å². The maximum Gasteiger partial charge on any atom is 0.431 e. The maximum atomic E-state index is 13.3. The van der Waals surface area contributed by atoms with Gasteiger partial charge in [-0.1, -0.05) is 0 Å². The Hall–Kier alpha value is -1.43. The molecule has 4 bridgehead atoms. The summed E-state index contributed by atoms with van der Waals surface area (Å²) in [7, 11) is -6.35. The second-order valence-electron chi connectivity index (χ2n) is 8.44. The van der Waals surface area contributed by atoms with Gasteiger partial charge in [-0.3, -0.25) is 9.35 Å². The van der Waals surface area contributed by atoms with E-state index in [1.54, 1.807) is 0 Å². The normalized spacial score (nSPS) is 31.6. The van der Waals surface area contributed by atoms with E-state index >= 15 is 0 Å². The molecule has 1 N–H and O–H groups in total. The van der Waals surface area contributed by atoms with E-state index in [0.29, 0.717) is 37.0 Å². The molecule has 0 heterocycles. The molecule has 0 amide bonds. The topological polar surface area (TPSA) is 107 Å². The van der Waals surface area contributed by atoms with Crippen molar-refractivity contribution in [1.82, 2.24) is 0 Å². The summed E-state index contributed by atoms with van der Waals surface area (Å²) in [4.78, 5) is 24.1. The lowest BCUT2D eigenvalue weighted by molar-refractivity contribution is -0.182. The summed E-state index contributed by atoms with van der Waals surface area (Å²) in [6.07, 6.45) is 3.54. The highest BCUT2D eigenvalue weighted by molar-refractivity contribution is 7.87. The Balaban J connectivity index is 1.45. The summed E-state index contributed by atoms with van der Waals surface area (Å²) in [5.41, 5.74) is -0.625. The summed E-state index contributed by atoms with van der Waals surface area (Å²) >= 11 is 0. The van der Waals surface area contributed by atoms with E-state index in [9.17, 15) is 35.6 Å². The summed E-state index contributed by atoms with van der Waals surface area (Å²) in [6.45, 7) is -2.09. The van der Waals surface area contributed by atoms with Gasteiger partial charge in [0.05, 0.1) is 18.4 Å². The number of hydrogen-bond donors (Lipinski definition) is 1. The molecule has 4 aliphatic rings. The molecule has 4 aliphatic carbocycles. The first-order chi connectivity index (χ1) is 13.3. The van der Waals surface area contributed by atoms with Crippen LogP contribution in [0.5, 0.6) is 0 Å². The molecule has 4 rings (SSSR count).